The van der Waals surface area contributed by atoms with Gasteiger partial charge in [0.25, 0.3) is 5.69 Å². The van der Waals surface area contributed by atoms with Gasteiger partial charge in [0.15, 0.2) is 0 Å². The molecule has 2 N–H and O–H groups in total. The number of nitro groups is 1. The van der Waals surface area contributed by atoms with Crippen LogP contribution in [0.25, 0.3) is 0 Å². The van der Waals surface area contributed by atoms with Gasteiger partial charge in [0, 0.05) is 34.8 Å². The van der Waals surface area contributed by atoms with Gasteiger partial charge in [-0.25, -0.2) is 0 Å². The number of benzene rings is 3. The number of nitrogens with zero attached hydrogens (tertiary/aromatic N) is 1. The van der Waals surface area contributed by atoms with E-state index in [4.69, 9.17) is 0 Å². The first-order valence-electron chi connectivity index (χ1n) is 11.2. The molecular formula is C27H29N3O4S. The molecule has 182 valence electrons. The molecule has 3 aromatic carbocycles. The Labute approximate surface area is 209 Å². The zero-order chi connectivity index (χ0) is 25.6. The molecule has 7 nitrogen and oxygen atoms in total. The maximum absolute atomic E-state index is 13.4. The lowest BCUT2D eigenvalue weighted by molar-refractivity contribution is -0.384. The predicted molar refractivity (Wildman–Crippen MR) is 141 cm³/mol. The van der Waals surface area contributed by atoms with E-state index in [-0.39, 0.29) is 22.9 Å². The van der Waals surface area contributed by atoms with Crippen molar-refractivity contribution in [3.05, 3.63) is 94.0 Å². The van der Waals surface area contributed by atoms with Crippen LogP contribution in [0.1, 0.15) is 43.6 Å². The number of carbonyl (C=O) groups is 2. The number of anilines is 2. The zero-order valence-corrected chi connectivity index (χ0v) is 21.0. The normalized spacial score (nSPS) is 12.0. The van der Waals surface area contributed by atoms with E-state index in [9.17, 15) is 19.7 Å². The molecule has 0 aliphatic rings. The minimum Gasteiger partial charge on any atom is -0.326 e. The Morgan fingerprint density at radius 3 is 2.31 bits per heavy atom. The zero-order valence-electron chi connectivity index (χ0n) is 20.2. The molecule has 0 fully saturated rings. The third-order valence-corrected chi connectivity index (χ3v) is 6.33. The van der Waals surface area contributed by atoms with E-state index in [1.165, 1.54) is 23.9 Å². The number of carbonyl (C=O) groups excluding carboxylic acids is 2. The van der Waals surface area contributed by atoms with E-state index < -0.39 is 10.2 Å². The lowest BCUT2D eigenvalue weighted by Gasteiger charge is -2.19. The standard InChI is InChI=1S/C27H29N3O4S/c1-18-15-21(30(33)34)13-14-23(18)29-26(32)25(19-9-6-5-7-10-19)35-22-12-8-11-20(16-22)28-24(31)17-27(2,3)4/h5-16,25H,17H2,1-4H3,(H,28,31)(H,29,32). The molecule has 0 bridgehead atoms. The highest BCUT2D eigenvalue weighted by atomic mass is 32.2. The van der Waals surface area contributed by atoms with Gasteiger partial charge < -0.3 is 10.6 Å². The topological polar surface area (TPSA) is 101 Å². The van der Waals surface area contributed by atoms with E-state index in [1.54, 1.807) is 13.0 Å². The Morgan fingerprint density at radius 1 is 0.971 bits per heavy atom. The van der Waals surface area contributed by atoms with Crippen molar-refractivity contribution in [2.45, 2.75) is 44.3 Å². The van der Waals surface area contributed by atoms with E-state index in [1.807, 2.05) is 75.4 Å². The summed E-state index contributed by atoms with van der Waals surface area (Å²) in [5.41, 5.74) is 2.46. The molecule has 8 heteroatoms. The van der Waals surface area contributed by atoms with Crippen LogP contribution in [-0.4, -0.2) is 16.7 Å². The Balaban J connectivity index is 1.82. The highest BCUT2D eigenvalue weighted by Crippen LogP contribution is 2.37. The minimum absolute atomic E-state index is 0.0280. The van der Waals surface area contributed by atoms with Gasteiger partial charge in [0.05, 0.1) is 4.92 Å². The van der Waals surface area contributed by atoms with Gasteiger partial charge >= 0.3 is 0 Å². The number of thioether (sulfide) groups is 1. The molecular weight excluding hydrogens is 462 g/mol. The van der Waals surface area contributed by atoms with Crippen LogP contribution in [0.15, 0.2) is 77.7 Å². The summed E-state index contributed by atoms with van der Waals surface area (Å²) in [5, 5.41) is 16.3. The smallest absolute Gasteiger partial charge is 0.269 e. The number of nitrogens with one attached hydrogen (secondary N) is 2. The summed E-state index contributed by atoms with van der Waals surface area (Å²) < 4.78 is 0. The van der Waals surface area contributed by atoms with Crippen molar-refractivity contribution in [1.29, 1.82) is 0 Å². The maximum atomic E-state index is 13.4. The van der Waals surface area contributed by atoms with Crippen LogP contribution in [0.2, 0.25) is 0 Å². The van der Waals surface area contributed by atoms with Crippen LogP contribution >= 0.6 is 11.8 Å². The van der Waals surface area contributed by atoms with E-state index in [2.05, 4.69) is 10.6 Å². The molecule has 0 radical (unpaired) electrons. The number of non-ortho nitro benzene ring substituents is 1. The SMILES string of the molecule is Cc1cc([N+](=O)[O-])ccc1NC(=O)C(Sc1cccc(NC(=O)CC(C)(C)C)c1)c1ccccc1. The second-order valence-electron chi connectivity index (χ2n) is 9.47. The fourth-order valence-corrected chi connectivity index (χ4v) is 4.55. The third kappa shape index (κ3) is 7.68. The van der Waals surface area contributed by atoms with Crippen molar-refractivity contribution in [1.82, 2.24) is 0 Å². The number of nitro benzene ring substituents is 1. The number of hydrogen-bond acceptors (Lipinski definition) is 5. The van der Waals surface area contributed by atoms with Gasteiger partial charge in [0.2, 0.25) is 11.8 Å². The highest BCUT2D eigenvalue weighted by Gasteiger charge is 2.23. The summed E-state index contributed by atoms with van der Waals surface area (Å²) in [4.78, 5) is 37.1. The molecule has 2 amide bonds. The molecule has 0 aromatic heterocycles. The van der Waals surface area contributed by atoms with Gasteiger partial charge in [-0.2, -0.15) is 0 Å². The van der Waals surface area contributed by atoms with Crippen molar-refractivity contribution in [2.24, 2.45) is 5.41 Å². The average molecular weight is 492 g/mol. The first kappa shape index (κ1) is 26.0. The first-order chi connectivity index (χ1) is 16.5. The fourth-order valence-electron chi connectivity index (χ4n) is 3.47. The summed E-state index contributed by atoms with van der Waals surface area (Å²) in [6.45, 7) is 7.74. The Morgan fingerprint density at radius 2 is 1.69 bits per heavy atom. The van der Waals surface area contributed by atoms with Crippen molar-refractivity contribution < 1.29 is 14.5 Å². The molecule has 0 aliphatic heterocycles. The minimum atomic E-state index is -0.577. The van der Waals surface area contributed by atoms with Crippen molar-refractivity contribution in [3.8, 4) is 0 Å². The maximum Gasteiger partial charge on any atom is 0.269 e. The molecule has 1 unspecified atom stereocenters. The number of amides is 2. The van der Waals surface area contributed by atoms with Crippen molar-refractivity contribution >= 4 is 40.6 Å². The summed E-state index contributed by atoms with van der Waals surface area (Å²) in [5.74, 6) is -0.314. The van der Waals surface area contributed by atoms with Gasteiger partial charge in [-0.15, -0.1) is 11.8 Å². The van der Waals surface area contributed by atoms with Gasteiger partial charge in [-0.1, -0.05) is 57.2 Å². The van der Waals surface area contributed by atoms with Gasteiger partial charge in [-0.3, -0.25) is 19.7 Å². The number of hydrogen-bond donors (Lipinski definition) is 2. The quantitative estimate of drug-likeness (QED) is 0.206. The monoisotopic (exact) mass is 491 g/mol. The molecule has 0 heterocycles. The summed E-state index contributed by atoms with van der Waals surface area (Å²) in [7, 11) is 0. The molecule has 0 saturated carbocycles. The Kier molecular flexibility index (Phi) is 8.30. The summed E-state index contributed by atoms with van der Waals surface area (Å²) >= 11 is 1.37. The molecule has 0 saturated heterocycles. The number of aryl methyl sites for hydroxylation is 1. The van der Waals surface area contributed by atoms with Gasteiger partial charge in [-0.05, 0) is 47.7 Å². The Hall–Kier alpha value is -3.65. The largest absolute Gasteiger partial charge is 0.326 e. The molecule has 0 aliphatic carbocycles. The van der Waals surface area contributed by atoms with Crippen LogP contribution in [0.3, 0.4) is 0 Å². The lowest BCUT2D eigenvalue weighted by atomic mass is 9.92. The average Bonchev–Trinajstić information content (AvgIpc) is 2.78. The number of rotatable bonds is 8. The molecule has 35 heavy (non-hydrogen) atoms. The van der Waals surface area contributed by atoms with Crippen LogP contribution in [-0.2, 0) is 9.59 Å². The Bertz CT molecular complexity index is 1220. The van der Waals surface area contributed by atoms with Crippen LogP contribution in [0.5, 0.6) is 0 Å². The first-order valence-corrected chi connectivity index (χ1v) is 12.1. The van der Waals surface area contributed by atoms with Crippen molar-refractivity contribution in [2.75, 3.05) is 10.6 Å². The second-order valence-corrected chi connectivity index (χ2v) is 10.6. The molecule has 3 aromatic rings. The summed E-state index contributed by atoms with van der Waals surface area (Å²) in [6.07, 6.45) is 0.397. The second kappa shape index (κ2) is 11.2. The lowest BCUT2D eigenvalue weighted by Crippen LogP contribution is -2.20. The predicted octanol–water partition coefficient (Wildman–Crippen LogP) is 6.75. The molecule has 1 atom stereocenters. The van der Waals surface area contributed by atoms with E-state index in [0.29, 0.717) is 23.4 Å². The highest BCUT2D eigenvalue weighted by molar-refractivity contribution is 8.00. The fraction of sp³-hybridized carbons (Fsp3) is 0.259. The summed E-state index contributed by atoms with van der Waals surface area (Å²) in [6, 6.07) is 21.2. The van der Waals surface area contributed by atoms with E-state index >= 15 is 0 Å². The molecule has 3 rings (SSSR count). The van der Waals surface area contributed by atoms with Crippen LogP contribution in [0.4, 0.5) is 17.1 Å². The third-order valence-electron chi connectivity index (χ3n) is 5.08. The van der Waals surface area contributed by atoms with Crippen LogP contribution < -0.4 is 10.6 Å². The van der Waals surface area contributed by atoms with Gasteiger partial charge in [0.1, 0.15) is 5.25 Å². The van der Waals surface area contributed by atoms with Crippen LogP contribution in [0, 0.1) is 22.5 Å². The van der Waals surface area contributed by atoms with Crippen molar-refractivity contribution in [3.63, 3.8) is 0 Å². The molecule has 0 spiro atoms. The van der Waals surface area contributed by atoms with E-state index in [0.717, 1.165) is 10.5 Å².